The highest BCUT2D eigenvalue weighted by Crippen LogP contribution is 2.00. The van der Waals surface area contributed by atoms with Gasteiger partial charge in [0.15, 0.2) is 0 Å². The van der Waals surface area contributed by atoms with E-state index in [2.05, 4.69) is 28.8 Å². The monoisotopic (exact) mass is 200 g/mol. The molecule has 0 aromatic carbocycles. The van der Waals surface area contributed by atoms with Crippen molar-refractivity contribution in [1.29, 1.82) is 0 Å². The Labute approximate surface area is 87.6 Å². The highest BCUT2D eigenvalue weighted by Gasteiger charge is 2.15. The van der Waals surface area contributed by atoms with Crippen molar-refractivity contribution >= 4 is 0 Å². The van der Waals surface area contributed by atoms with Gasteiger partial charge in [-0.1, -0.05) is 0 Å². The summed E-state index contributed by atoms with van der Waals surface area (Å²) in [6, 6.07) is 0. The molecule has 0 unspecified atom stereocenters. The Kier molecular flexibility index (Phi) is 5.40. The molecular formula is C10H24N4. The largest absolute Gasteiger partial charge is 0.329 e. The number of nitrogens with zero attached hydrogens (tertiary/aromatic N) is 3. The van der Waals surface area contributed by atoms with E-state index in [9.17, 15) is 0 Å². The smallest absolute Gasteiger partial charge is 0.0110 e. The van der Waals surface area contributed by atoms with Crippen molar-refractivity contribution in [3.05, 3.63) is 0 Å². The molecule has 1 fully saturated rings. The minimum absolute atomic E-state index is 0.789. The van der Waals surface area contributed by atoms with Gasteiger partial charge >= 0.3 is 0 Å². The fourth-order valence-corrected chi connectivity index (χ4v) is 1.76. The summed E-state index contributed by atoms with van der Waals surface area (Å²) in [6.45, 7) is 8.98. The molecular weight excluding hydrogens is 176 g/mol. The van der Waals surface area contributed by atoms with Crippen LogP contribution in [0.1, 0.15) is 0 Å². The van der Waals surface area contributed by atoms with Gasteiger partial charge in [-0.3, -0.25) is 9.80 Å². The zero-order valence-corrected chi connectivity index (χ0v) is 9.58. The number of rotatable bonds is 5. The van der Waals surface area contributed by atoms with Gasteiger partial charge in [0.2, 0.25) is 0 Å². The molecule has 1 rings (SSSR count). The van der Waals surface area contributed by atoms with Crippen molar-refractivity contribution < 1.29 is 0 Å². The van der Waals surface area contributed by atoms with Crippen molar-refractivity contribution in [2.75, 3.05) is 66.5 Å². The number of hydrogen-bond donors (Lipinski definition) is 1. The van der Waals surface area contributed by atoms with Crippen LogP contribution in [-0.4, -0.2) is 81.2 Å². The van der Waals surface area contributed by atoms with Gasteiger partial charge in [-0.25, -0.2) is 0 Å². The maximum absolute atomic E-state index is 5.53. The summed E-state index contributed by atoms with van der Waals surface area (Å²) in [5.41, 5.74) is 5.53. The minimum Gasteiger partial charge on any atom is -0.329 e. The maximum atomic E-state index is 5.53. The van der Waals surface area contributed by atoms with Crippen molar-refractivity contribution in [2.45, 2.75) is 0 Å². The Morgan fingerprint density at radius 3 is 1.93 bits per heavy atom. The van der Waals surface area contributed by atoms with Crippen molar-refractivity contribution in [2.24, 2.45) is 5.73 Å². The average molecular weight is 200 g/mol. The molecule has 1 saturated heterocycles. The predicted molar refractivity (Wildman–Crippen MR) is 60.5 cm³/mol. The summed E-state index contributed by atoms with van der Waals surface area (Å²) < 4.78 is 0. The molecule has 1 aliphatic heterocycles. The zero-order valence-electron chi connectivity index (χ0n) is 9.58. The molecule has 2 N–H and O–H groups in total. The van der Waals surface area contributed by atoms with E-state index in [0.717, 1.165) is 19.6 Å². The predicted octanol–water partition coefficient (Wildman–Crippen LogP) is -0.876. The molecule has 4 nitrogen and oxygen atoms in total. The number of hydrogen-bond acceptors (Lipinski definition) is 4. The first-order valence-corrected chi connectivity index (χ1v) is 5.52. The van der Waals surface area contributed by atoms with Crippen LogP contribution < -0.4 is 5.73 Å². The lowest BCUT2D eigenvalue weighted by atomic mass is 10.3. The second-order valence-corrected chi connectivity index (χ2v) is 4.28. The quantitative estimate of drug-likeness (QED) is 0.625. The Hall–Kier alpha value is -0.160. The van der Waals surface area contributed by atoms with Gasteiger partial charge in [0.05, 0.1) is 0 Å². The molecule has 0 aromatic rings. The Morgan fingerprint density at radius 1 is 1.00 bits per heavy atom. The number of nitrogens with two attached hydrogens (primary N) is 1. The summed E-state index contributed by atoms with van der Waals surface area (Å²) >= 11 is 0. The SMILES string of the molecule is CN(C)CCN1CCN(CCN)CC1. The van der Waals surface area contributed by atoms with Gasteiger partial charge in [0.25, 0.3) is 0 Å². The van der Waals surface area contributed by atoms with Crippen LogP contribution in [0, 0.1) is 0 Å². The molecule has 1 heterocycles. The number of likely N-dealkylation sites (N-methyl/N-ethyl adjacent to an activating group) is 1. The van der Waals surface area contributed by atoms with Gasteiger partial charge in [-0.15, -0.1) is 0 Å². The minimum atomic E-state index is 0.789. The first-order valence-electron chi connectivity index (χ1n) is 5.52. The second-order valence-electron chi connectivity index (χ2n) is 4.28. The molecule has 1 aliphatic rings. The maximum Gasteiger partial charge on any atom is 0.0110 e. The van der Waals surface area contributed by atoms with Gasteiger partial charge in [-0.05, 0) is 14.1 Å². The molecule has 4 heteroatoms. The molecule has 84 valence electrons. The van der Waals surface area contributed by atoms with Gasteiger partial charge in [-0.2, -0.15) is 0 Å². The van der Waals surface area contributed by atoms with Crippen LogP contribution in [0.15, 0.2) is 0 Å². The van der Waals surface area contributed by atoms with Crippen LogP contribution >= 0.6 is 0 Å². The molecule has 0 amide bonds. The normalized spacial score (nSPS) is 20.6. The zero-order chi connectivity index (χ0) is 10.4. The molecule has 0 aromatic heterocycles. The van der Waals surface area contributed by atoms with E-state index in [1.54, 1.807) is 0 Å². The Morgan fingerprint density at radius 2 is 1.50 bits per heavy atom. The van der Waals surface area contributed by atoms with Crippen LogP contribution in [0.4, 0.5) is 0 Å². The number of piperazine rings is 1. The van der Waals surface area contributed by atoms with E-state index < -0.39 is 0 Å². The van der Waals surface area contributed by atoms with Gasteiger partial charge < -0.3 is 10.6 Å². The molecule has 0 saturated carbocycles. The van der Waals surface area contributed by atoms with Crippen molar-refractivity contribution in [3.8, 4) is 0 Å². The fraction of sp³-hybridized carbons (Fsp3) is 1.00. The standard InChI is InChI=1S/C10H24N4/c1-12(2)5-6-14-9-7-13(4-3-11)8-10-14/h3-11H2,1-2H3. The topological polar surface area (TPSA) is 35.7 Å². The summed E-state index contributed by atoms with van der Waals surface area (Å²) in [5.74, 6) is 0. The Bertz CT molecular complexity index is 141. The van der Waals surface area contributed by atoms with Crippen LogP contribution in [0.3, 0.4) is 0 Å². The van der Waals surface area contributed by atoms with Crippen molar-refractivity contribution in [3.63, 3.8) is 0 Å². The van der Waals surface area contributed by atoms with Crippen LogP contribution in [-0.2, 0) is 0 Å². The highest BCUT2D eigenvalue weighted by atomic mass is 15.3. The summed E-state index contributed by atoms with van der Waals surface area (Å²) in [5, 5.41) is 0. The summed E-state index contributed by atoms with van der Waals surface area (Å²) in [6.07, 6.45) is 0. The van der Waals surface area contributed by atoms with Crippen LogP contribution in [0.5, 0.6) is 0 Å². The van der Waals surface area contributed by atoms with Gasteiger partial charge in [0.1, 0.15) is 0 Å². The summed E-state index contributed by atoms with van der Waals surface area (Å²) in [4.78, 5) is 7.23. The third-order valence-corrected chi connectivity index (χ3v) is 2.77. The van der Waals surface area contributed by atoms with E-state index in [1.807, 2.05) is 0 Å². The lowest BCUT2D eigenvalue weighted by molar-refractivity contribution is 0.128. The second kappa shape index (κ2) is 6.35. The average Bonchev–Trinajstić information content (AvgIpc) is 2.17. The molecule has 0 radical (unpaired) electrons. The third kappa shape index (κ3) is 4.37. The lowest BCUT2D eigenvalue weighted by Crippen LogP contribution is -2.49. The molecule has 0 aliphatic carbocycles. The highest BCUT2D eigenvalue weighted by molar-refractivity contribution is 4.72. The van der Waals surface area contributed by atoms with E-state index in [4.69, 9.17) is 5.73 Å². The van der Waals surface area contributed by atoms with Crippen molar-refractivity contribution in [1.82, 2.24) is 14.7 Å². The summed E-state index contributed by atoms with van der Waals surface area (Å²) in [7, 11) is 4.26. The first kappa shape index (κ1) is 11.9. The molecule has 0 bridgehead atoms. The van der Waals surface area contributed by atoms with E-state index in [0.29, 0.717) is 0 Å². The van der Waals surface area contributed by atoms with Crippen LogP contribution in [0.25, 0.3) is 0 Å². The molecule has 0 atom stereocenters. The van der Waals surface area contributed by atoms with E-state index in [1.165, 1.54) is 32.7 Å². The van der Waals surface area contributed by atoms with E-state index >= 15 is 0 Å². The molecule has 14 heavy (non-hydrogen) atoms. The Balaban J connectivity index is 2.09. The third-order valence-electron chi connectivity index (χ3n) is 2.77. The van der Waals surface area contributed by atoms with Gasteiger partial charge in [0, 0.05) is 52.4 Å². The fourth-order valence-electron chi connectivity index (χ4n) is 1.76. The van der Waals surface area contributed by atoms with E-state index in [-0.39, 0.29) is 0 Å². The molecule has 0 spiro atoms. The lowest BCUT2D eigenvalue weighted by Gasteiger charge is -2.34. The first-order chi connectivity index (χ1) is 6.72. The van der Waals surface area contributed by atoms with Crippen LogP contribution in [0.2, 0.25) is 0 Å².